The number of nitrogens with zero attached hydrogens (tertiary/aromatic N) is 2. The molecule has 1 aromatic carbocycles. The number of rotatable bonds is 3. The van der Waals surface area contributed by atoms with Crippen molar-refractivity contribution in [2.24, 2.45) is 0 Å². The Kier molecular flexibility index (Phi) is 3.69. The first-order valence-corrected chi connectivity index (χ1v) is 6.09. The smallest absolute Gasteiger partial charge is 0.275 e. The first kappa shape index (κ1) is 12.7. The Morgan fingerprint density at radius 2 is 1.94 bits per heavy atom. The first-order chi connectivity index (χ1) is 8.54. The predicted molar refractivity (Wildman–Crippen MR) is 70.9 cm³/mol. The van der Waals surface area contributed by atoms with Crippen molar-refractivity contribution in [3.05, 3.63) is 51.5 Å². The minimum Gasteiger partial charge on any atom is -0.383 e. The van der Waals surface area contributed by atoms with Crippen molar-refractivity contribution in [1.82, 2.24) is 4.98 Å². The highest BCUT2D eigenvalue weighted by atomic mass is 35.5. The van der Waals surface area contributed by atoms with Gasteiger partial charge < -0.3 is 5.73 Å². The van der Waals surface area contributed by atoms with Gasteiger partial charge in [0.1, 0.15) is 10.8 Å². The summed E-state index contributed by atoms with van der Waals surface area (Å²) in [5, 5.41) is 11.8. The van der Waals surface area contributed by atoms with E-state index in [-0.39, 0.29) is 11.5 Å². The van der Waals surface area contributed by atoms with Gasteiger partial charge in [0.05, 0.1) is 11.0 Å². The lowest BCUT2D eigenvalue weighted by Gasteiger charge is -2.02. The summed E-state index contributed by atoms with van der Waals surface area (Å²) in [6, 6.07) is 9.71. The van der Waals surface area contributed by atoms with E-state index in [9.17, 15) is 10.1 Å². The van der Waals surface area contributed by atoms with Gasteiger partial charge in [0, 0.05) is 16.0 Å². The van der Waals surface area contributed by atoms with Gasteiger partial charge in [-0.25, -0.2) is 4.98 Å². The van der Waals surface area contributed by atoms with Crippen LogP contribution in [0, 0.1) is 10.1 Å². The molecular formula is C11H8ClN3O2S. The van der Waals surface area contributed by atoms with E-state index in [4.69, 9.17) is 17.3 Å². The maximum Gasteiger partial charge on any atom is 0.275 e. The summed E-state index contributed by atoms with van der Waals surface area (Å²) in [4.78, 5) is 15.1. The number of nitro groups is 1. The minimum atomic E-state index is -0.496. The van der Waals surface area contributed by atoms with Crippen LogP contribution in [0.4, 0.5) is 11.5 Å². The van der Waals surface area contributed by atoms with E-state index in [1.165, 1.54) is 23.9 Å². The molecule has 7 heteroatoms. The van der Waals surface area contributed by atoms with Gasteiger partial charge in [0.2, 0.25) is 0 Å². The zero-order chi connectivity index (χ0) is 13.1. The van der Waals surface area contributed by atoms with Crippen LogP contribution in [0.2, 0.25) is 5.02 Å². The molecule has 0 radical (unpaired) electrons. The SMILES string of the molecule is Nc1cc([N+](=O)[O-])cc(Sc2ccc(Cl)cc2)n1. The molecule has 0 spiro atoms. The van der Waals surface area contributed by atoms with E-state index < -0.39 is 4.92 Å². The van der Waals surface area contributed by atoms with E-state index in [1.54, 1.807) is 12.1 Å². The lowest BCUT2D eigenvalue weighted by atomic mass is 10.4. The number of hydrogen-bond acceptors (Lipinski definition) is 5. The molecule has 0 saturated carbocycles. The molecule has 0 aliphatic heterocycles. The molecule has 0 aliphatic carbocycles. The molecule has 92 valence electrons. The average molecular weight is 282 g/mol. The molecule has 2 aromatic rings. The highest BCUT2D eigenvalue weighted by Gasteiger charge is 2.10. The van der Waals surface area contributed by atoms with Crippen LogP contribution in [0.3, 0.4) is 0 Å². The second kappa shape index (κ2) is 5.24. The summed E-state index contributed by atoms with van der Waals surface area (Å²) >= 11 is 7.06. The van der Waals surface area contributed by atoms with Crippen molar-refractivity contribution in [1.29, 1.82) is 0 Å². The number of nitrogens with two attached hydrogens (primary N) is 1. The third-order valence-corrected chi connectivity index (χ3v) is 3.23. The highest BCUT2D eigenvalue weighted by Crippen LogP contribution is 2.30. The Balaban J connectivity index is 2.28. The molecule has 5 nitrogen and oxygen atoms in total. The van der Waals surface area contributed by atoms with Crippen LogP contribution >= 0.6 is 23.4 Å². The third kappa shape index (κ3) is 3.12. The fourth-order valence-electron chi connectivity index (χ4n) is 1.29. The zero-order valence-electron chi connectivity index (χ0n) is 9.04. The van der Waals surface area contributed by atoms with Crippen LogP contribution < -0.4 is 5.73 Å². The second-order valence-electron chi connectivity index (χ2n) is 3.40. The molecule has 0 unspecified atom stereocenters. The summed E-state index contributed by atoms with van der Waals surface area (Å²) in [5.74, 6) is 0.126. The summed E-state index contributed by atoms with van der Waals surface area (Å²) in [7, 11) is 0. The van der Waals surface area contributed by atoms with Gasteiger partial charge in [-0.2, -0.15) is 0 Å². The van der Waals surface area contributed by atoms with Gasteiger partial charge in [-0.15, -0.1) is 0 Å². The summed E-state index contributed by atoms with van der Waals surface area (Å²) in [6.45, 7) is 0. The van der Waals surface area contributed by atoms with Crippen molar-refractivity contribution in [2.75, 3.05) is 5.73 Å². The fourth-order valence-corrected chi connectivity index (χ4v) is 2.26. The van der Waals surface area contributed by atoms with E-state index in [0.717, 1.165) is 4.90 Å². The fraction of sp³-hybridized carbons (Fsp3) is 0. The monoisotopic (exact) mass is 281 g/mol. The van der Waals surface area contributed by atoms with E-state index in [1.807, 2.05) is 12.1 Å². The quantitative estimate of drug-likeness (QED) is 0.689. The number of nitrogen functional groups attached to an aromatic ring is 1. The van der Waals surface area contributed by atoms with E-state index in [2.05, 4.69) is 4.98 Å². The molecule has 2 rings (SSSR count). The predicted octanol–water partition coefficient (Wildman–Crippen LogP) is 3.38. The zero-order valence-corrected chi connectivity index (χ0v) is 10.6. The number of anilines is 1. The standard InChI is InChI=1S/C11H8ClN3O2S/c12-7-1-3-9(4-2-7)18-11-6-8(15(16)17)5-10(13)14-11/h1-6H,(H2,13,14). The van der Waals surface area contributed by atoms with Gasteiger partial charge in [-0.05, 0) is 24.3 Å². The molecule has 0 bridgehead atoms. The van der Waals surface area contributed by atoms with Crippen molar-refractivity contribution >= 4 is 34.9 Å². The molecule has 0 aliphatic rings. The van der Waals surface area contributed by atoms with Gasteiger partial charge in [-0.3, -0.25) is 10.1 Å². The molecule has 0 fully saturated rings. The molecule has 0 amide bonds. The Morgan fingerprint density at radius 3 is 2.56 bits per heavy atom. The maximum atomic E-state index is 10.7. The van der Waals surface area contributed by atoms with Crippen molar-refractivity contribution < 1.29 is 4.92 Å². The van der Waals surface area contributed by atoms with Gasteiger partial charge in [-0.1, -0.05) is 23.4 Å². The first-order valence-electron chi connectivity index (χ1n) is 4.90. The van der Waals surface area contributed by atoms with Crippen LogP contribution in [0.1, 0.15) is 0 Å². The third-order valence-electron chi connectivity index (χ3n) is 2.05. The van der Waals surface area contributed by atoms with Gasteiger partial charge >= 0.3 is 0 Å². The molecule has 0 saturated heterocycles. The van der Waals surface area contributed by atoms with Gasteiger partial charge in [0.25, 0.3) is 5.69 Å². The molecule has 18 heavy (non-hydrogen) atoms. The molecular weight excluding hydrogens is 274 g/mol. The van der Waals surface area contributed by atoms with Crippen LogP contribution in [0.15, 0.2) is 46.3 Å². The van der Waals surface area contributed by atoms with Crippen molar-refractivity contribution in [3.63, 3.8) is 0 Å². The van der Waals surface area contributed by atoms with Crippen LogP contribution in [-0.4, -0.2) is 9.91 Å². The van der Waals surface area contributed by atoms with Crippen LogP contribution in [0.5, 0.6) is 0 Å². The number of aromatic nitrogens is 1. The van der Waals surface area contributed by atoms with Gasteiger partial charge in [0.15, 0.2) is 0 Å². The molecule has 1 heterocycles. The maximum absolute atomic E-state index is 10.7. The van der Waals surface area contributed by atoms with E-state index in [0.29, 0.717) is 10.0 Å². The number of pyridine rings is 1. The summed E-state index contributed by atoms with van der Waals surface area (Å²) in [5.41, 5.74) is 5.45. The Bertz CT molecular complexity index is 589. The highest BCUT2D eigenvalue weighted by molar-refractivity contribution is 7.99. The number of hydrogen-bond donors (Lipinski definition) is 1. The Hall–Kier alpha value is -1.79. The summed E-state index contributed by atoms with van der Waals surface area (Å²) in [6.07, 6.45) is 0. The molecule has 2 N–H and O–H groups in total. The van der Waals surface area contributed by atoms with E-state index >= 15 is 0 Å². The van der Waals surface area contributed by atoms with Crippen LogP contribution in [-0.2, 0) is 0 Å². The Morgan fingerprint density at radius 1 is 1.28 bits per heavy atom. The number of benzene rings is 1. The van der Waals surface area contributed by atoms with Crippen molar-refractivity contribution in [3.8, 4) is 0 Å². The lowest BCUT2D eigenvalue weighted by molar-refractivity contribution is -0.385. The molecule has 1 aromatic heterocycles. The molecule has 0 atom stereocenters. The van der Waals surface area contributed by atoms with Crippen LogP contribution in [0.25, 0.3) is 0 Å². The lowest BCUT2D eigenvalue weighted by Crippen LogP contribution is -1.95. The topological polar surface area (TPSA) is 82.0 Å². The normalized spacial score (nSPS) is 10.3. The summed E-state index contributed by atoms with van der Waals surface area (Å²) < 4.78 is 0. The average Bonchev–Trinajstić information content (AvgIpc) is 2.31. The Labute approximate surface area is 112 Å². The second-order valence-corrected chi connectivity index (χ2v) is 4.93. The minimum absolute atomic E-state index is 0.0704. The largest absolute Gasteiger partial charge is 0.383 e. The number of halogens is 1. The van der Waals surface area contributed by atoms with Crippen molar-refractivity contribution in [2.45, 2.75) is 9.92 Å².